The number of halogens is 2. The Morgan fingerprint density at radius 3 is 2.54 bits per heavy atom. The number of aryl methyl sites for hydroxylation is 1. The van der Waals surface area contributed by atoms with Crippen LogP contribution in [0.3, 0.4) is 0 Å². The van der Waals surface area contributed by atoms with Crippen molar-refractivity contribution in [3.63, 3.8) is 0 Å². The predicted molar refractivity (Wildman–Crippen MR) is 140 cm³/mol. The van der Waals surface area contributed by atoms with Gasteiger partial charge in [0.1, 0.15) is 17.1 Å². The molecule has 0 spiro atoms. The number of pyridine rings is 1. The maximum absolute atomic E-state index is 15.0. The van der Waals surface area contributed by atoms with E-state index in [4.69, 9.17) is 20.3 Å². The number of nitrogen functional groups attached to an aromatic ring is 1. The summed E-state index contributed by atoms with van der Waals surface area (Å²) in [6.07, 6.45) is 5.28. The van der Waals surface area contributed by atoms with E-state index in [1.807, 2.05) is 6.07 Å². The SMILES string of the molecule is C=CC(=O)N1CC[C@H](n2nc(C#Cc3c(F)c(OC)cc(OC)c3F)c3c(N)ncc(-c4ccn(C)n4)c32)C1. The van der Waals surface area contributed by atoms with E-state index >= 15 is 0 Å². The first-order chi connectivity index (χ1) is 18.8. The van der Waals surface area contributed by atoms with Crippen LogP contribution in [-0.4, -0.2) is 62.7 Å². The number of amides is 1. The van der Waals surface area contributed by atoms with E-state index in [1.54, 1.807) is 33.7 Å². The Bertz CT molecular complexity index is 1650. The first-order valence-electron chi connectivity index (χ1n) is 12.0. The molecule has 1 aliphatic heterocycles. The van der Waals surface area contributed by atoms with Crippen LogP contribution in [0.15, 0.2) is 37.2 Å². The summed E-state index contributed by atoms with van der Waals surface area (Å²) in [5, 5.41) is 9.64. The van der Waals surface area contributed by atoms with E-state index in [0.717, 1.165) is 6.07 Å². The number of nitrogens with two attached hydrogens (primary N) is 1. The molecular formula is C27H25F2N7O3. The van der Waals surface area contributed by atoms with Gasteiger partial charge in [-0.1, -0.05) is 12.5 Å². The first kappa shape index (κ1) is 25.7. The van der Waals surface area contributed by atoms with Crippen molar-refractivity contribution >= 4 is 22.6 Å². The highest BCUT2D eigenvalue weighted by molar-refractivity contribution is 6.01. The minimum absolute atomic E-state index is 0.140. The van der Waals surface area contributed by atoms with Gasteiger partial charge in [0.25, 0.3) is 0 Å². The lowest BCUT2D eigenvalue weighted by atomic mass is 10.1. The molecule has 4 aromatic rings. The number of methoxy groups -OCH3 is 2. The largest absolute Gasteiger partial charge is 0.493 e. The summed E-state index contributed by atoms with van der Waals surface area (Å²) >= 11 is 0. The van der Waals surface area contributed by atoms with Crippen molar-refractivity contribution in [3.05, 3.63) is 60.1 Å². The molecule has 200 valence electrons. The van der Waals surface area contributed by atoms with Gasteiger partial charge in [0.05, 0.1) is 36.9 Å². The van der Waals surface area contributed by atoms with Crippen LogP contribution in [0, 0.1) is 23.5 Å². The number of hydrogen-bond donors (Lipinski definition) is 1. The molecule has 2 N–H and O–H groups in total. The number of ether oxygens (including phenoxy) is 2. The van der Waals surface area contributed by atoms with E-state index in [-0.39, 0.29) is 35.0 Å². The third-order valence-electron chi connectivity index (χ3n) is 6.62. The summed E-state index contributed by atoms with van der Waals surface area (Å²) in [5.74, 6) is 2.92. The van der Waals surface area contributed by atoms with E-state index < -0.39 is 17.2 Å². The number of anilines is 1. The third-order valence-corrected chi connectivity index (χ3v) is 6.62. The second-order valence-electron chi connectivity index (χ2n) is 8.91. The predicted octanol–water partition coefficient (Wildman–Crippen LogP) is 3.07. The summed E-state index contributed by atoms with van der Waals surface area (Å²) in [4.78, 5) is 18.3. The van der Waals surface area contributed by atoms with Crippen molar-refractivity contribution in [1.82, 2.24) is 29.4 Å². The second-order valence-corrected chi connectivity index (χ2v) is 8.91. The smallest absolute Gasteiger partial charge is 0.246 e. The molecule has 12 heteroatoms. The van der Waals surface area contributed by atoms with Gasteiger partial charge in [0.15, 0.2) is 23.1 Å². The molecule has 1 amide bonds. The van der Waals surface area contributed by atoms with Crippen LogP contribution in [0.1, 0.15) is 23.7 Å². The molecule has 0 unspecified atom stereocenters. The monoisotopic (exact) mass is 533 g/mol. The number of carbonyl (C=O) groups excluding carboxylic acids is 1. The van der Waals surface area contributed by atoms with Gasteiger partial charge in [0, 0.05) is 44.2 Å². The normalized spacial score (nSPS) is 14.8. The van der Waals surface area contributed by atoms with Crippen LogP contribution in [-0.2, 0) is 11.8 Å². The molecule has 4 heterocycles. The van der Waals surface area contributed by atoms with Crippen LogP contribution in [0.5, 0.6) is 11.5 Å². The van der Waals surface area contributed by atoms with Crippen molar-refractivity contribution in [1.29, 1.82) is 0 Å². The molecule has 1 saturated heterocycles. The molecule has 39 heavy (non-hydrogen) atoms. The minimum Gasteiger partial charge on any atom is -0.493 e. The maximum atomic E-state index is 15.0. The van der Waals surface area contributed by atoms with Crippen LogP contribution < -0.4 is 15.2 Å². The molecule has 1 aromatic carbocycles. The summed E-state index contributed by atoms with van der Waals surface area (Å²) in [5.41, 5.74) is 7.82. The highest BCUT2D eigenvalue weighted by atomic mass is 19.1. The van der Waals surface area contributed by atoms with E-state index in [9.17, 15) is 13.6 Å². The van der Waals surface area contributed by atoms with Crippen molar-refractivity contribution in [2.24, 2.45) is 7.05 Å². The molecule has 3 aromatic heterocycles. The van der Waals surface area contributed by atoms with Gasteiger partial charge in [-0.2, -0.15) is 10.2 Å². The number of likely N-dealkylation sites (tertiary alicyclic amines) is 1. The Balaban J connectivity index is 1.73. The van der Waals surface area contributed by atoms with E-state index in [2.05, 4.69) is 28.5 Å². The van der Waals surface area contributed by atoms with Gasteiger partial charge in [-0.15, -0.1) is 0 Å². The summed E-state index contributed by atoms with van der Waals surface area (Å²) in [7, 11) is 4.31. The minimum atomic E-state index is -0.971. The van der Waals surface area contributed by atoms with Crippen LogP contribution in [0.2, 0.25) is 0 Å². The van der Waals surface area contributed by atoms with Crippen molar-refractivity contribution in [2.45, 2.75) is 12.5 Å². The third kappa shape index (κ3) is 4.41. The van der Waals surface area contributed by atoms with Crippen molar-refractivity contribution in [3.8, 4) is 34.6 Å². The number of hydrogen-bond acceptors (Lipinski definition) is 7. The van der Waals surface area contributed by atoms with E-state index in [1.165, 1.54) is 20.3 Å². The van der Waals surface area contributed by atoms with Gasteiger partial charge in [-0.3, -0.25) is 14.2 Å². The molecule has 0 aliphatic carbocycles. The summed E-state index contributed by atoms with van der Waals surface area (Å²) < 4.78 is 43.4. The van der Waals surface area contributed by atoms with Gasteiger partial charge in [0.2, 0.25) is 5.91 Å². The zero-order chi connectivity index (χ0) is 27.8. The zero-order valence-corrected chi connectivity index (χ0v) is 21.5. The van der Waals surface area contributed by atoms with Gasteiger partial charge < -0.3 is 20.1 Å². The van der Waals surface area contributed by atoms with Crippen molar-refractivity contribution < 1.29 is 23.0 Å². The maximum Gasteiger partial charge on any atom is 0.246 e. The number of fused-ring (bicyclic) bond motifs is 1. The molecule has 1 atom stereocenters. The fraction of sp³-hybridized carbons (Fsp3) is 0.259. The number of aromatic nitrogens is 5. The molecule has 5 rings (SSSR count). The van der Waals surface area contributed by atoms with Gasteiger partial charge in [-0.05, 0) is 24.5 Å². The second kappa shape index (κ2) is 10.1. The van der Waals surface area contributed by atoms with Crippen LogP contribution >= 0.6 is 0 Å². The average Bonchev–Trinajstić information content (AvgIpc) is 3.68. The molecule has 10 nitrogen and oxygen atoms in total. The Hall–Kier alpha value is -4.92. The quantitative estimate of drug-likeness (QED) is 0.310. The number of rotatable bonds is 5. The Morgan fingerprint density at radius 2 is 1.92 bits per heavy atom. The average molecular weight is 534 g/mol. The van der Waals surface area contributed by atoms with Crippen molar-refractivity contribution in [2.75, 3.05) is 33.0 Å². The zero-order valence-electron chi connectivity index (χ0n) is 21.5. The van der Waals surface area contributed by atoms with Crippen LogP contribution in [0.4, 0.5) is 14.6 Å². The molecule has 1 aliphatic rings. The molecule has 0 bridgehead atoms. The van der Waals surface area contributed by atoms with E-state index in [0.29, 0.717) is 41.7 Å². The molecule has 1 fully saturated rings. The van der Waals surface area contributed by atoms with Gasteiger partial charge in [-0.25, -0.2) is 13.8 Å². The standard InChI is InChI=1S/C27H25F2N7O3/c1-5-22(37)35-11-8-15(14-35)36-26-17(18-9-10-34(2)32-18)13-31-27(30)23(26)19(33-36)7-6-16-24(28)20(38-3)12-21(39-4)25(16)29/h5,9-10,12-13,15H,1,8,11,14H2,2-4H3,(H2,30,31)/t15-/m0/s1. The Labute approximate surface area is 222 Å². The number of benzene rings is 1. The van der Waals surface area contributed by atoms with Crippen LogP contribution in [0.25, 0.3) is 22.2 Å². The lowest BCUT2D eigenvalue weighted by Gasteiger charge is -2.16. The molecule has 0 radical (unpaired) electrons. The Kier molecular flexibility index (Phi) is 6.66. The highest BCUT2D eigenvalue weighted by Gasteiger charge is 2.30. The summed E-state index contributed by atoms with van der Waals surface area (Å²) in [6, 6.07) is 2.71. The first-order valence-corrected chi connectivity index (χ1v) is 12.0. The highest BCUT2D eigenvalue weighted by Crippen LogP contribution is 2.36. The Morgan fingerprint density at radius 1 is 1.21 bits per heavy atom. The molecular weight excluding hydrogens is 508 g/mol. The van der Waals surface area contributed by atoms with Gasteiger partial charge >= 0.3 is 0 Å². The lowest BCUT2D eigenvalue weighted by molar-refractivity contribution is -0.125. The lowest BCUT2D eigenvalue weighted by Crippen LogP contribution is -2.27. The summed E-state index contributed by atoms with van der Waals surface area (Å²) in [6.45, 7) is 4.47. The topological polar surface area (TPSA) is 113 Å². The number of nitrogens with zero attached hydrogens (tertiary/aromatic N) is 6. The fourth-order valence-corrected chi connectivity index (χ4v) is 4.68. The molecule has 0 saturated carbocycles. The fourth-order valence-electron chi connectivity index (χ4n) is 4.68. The number of carbonyl (C=O) groups is 1.